The molecule has 3 aliphatic rings. The molecule has 0 saturated carbocycles. The van der Waals surface area contributed by atoms with E-state index < -0.39 is 46.7 Å². The first-order valence-corrected chi connectivity index (χ1v) is 12.8. The van der Waals surface area contributed by atoms with Gasteiger partial charge in [-0.25, -0.2) is 5.48 Å². The van der Waals surface area contributed by atoms with Gasteiger partial charge in [-0.1, -0.05) is 46.4 Å². The van der Waals surface area contributed by atoms with Crippen LogP contribution in [0.5, 0.6) is 0 Å². The Hall–Kier alpha value is -2.11. The van der Waals surface area contributed by atoms with Crippen LogP contribution in [0, 0.1) is 11.8 Å². The maximum atomic E-state index is 13.9. The predicted molar refractivity (Wildman–Crippen MR) is 140 cm³/mol. The van der Waals surface area contributed by atoms with Crippen LogP contribution in [0.1, 0.15) is 18.9 Å². The van der Waals surface area contributed by atoms with Crippen LogP contribution in [0.15, 0.2) is 30.3 Å². The zero-order chi connectivity index (χ0) is 26.9. The Labute approximate surface area is 232 Å². The normalized spacial score (nSPS) is 30.2. The molecule has 3 heterocycles. The molecule has 5 rings (SSSR count). The van der Waals surface area contributed by atoms with Gasteiger partial charge < -0.3 is 15.7 Å². The summed E-state index contributed by atoms with van der Waals surface area (Å²) in [5.41, 5.74) is 0.297. The van der Waals surface area contributed by atoms with E-state index in [2.05, 4.69) is 16.1 Å². The number of aliphatic hydroxyl groups is 1. The summed E-state index contributed by atoms with van der Waals surface area (Å²) in [6.45, 7) is 1.63. The minimum atomic E-state index is -1.70. The molecule has 1 spiro atoms. The van der Waals surface area contributed by atoms with Crippen LogP contribution in [-0.2, 0) is 24.8 Å². The number of hydroxylamine groups is 1. The van der Waals surface area contributed by atoms with Crippen molar-refractivity contribution in [3.63, 3.8) is 0 Å². The number of nitrogens with one attached hydrogen (secondary N) is 3. The quantitative estimate of drug-likeness (QED) is 0.404. The maximum Gasteiger partial charge on any atom is 0.250 e. The van der Waals surface area contributed by atoms with Crippen LogP contribution in [0.3, 0.4) is 0 Å². The predicted octanol–water partition coefficient (Wildman–Crippen LogP) is 3.84. The van der Waals surface area contributed by atoms with Gasteiger partial charge in [0.05, 0.1) is 35.3 Å². The average Bonchev–Trinajstić information content (AvgIpc) is 3.34. The Bertz CT molecular complexity index is 1320. The zero-order valence-corrected chi connectivity index (χ0v) is 22.6. The smallest absolute Gasteiger partial charge is 0.250 e. The molecule has 0 bridgehead atoms. The van der Waals surface area contributed by atoms with Crippen LogP contribution in [-0.4, -0.2) is 53.0 Å². The molecule has 2 saturated heterocycles. The molecule has 0 aliphatic carbocycles. The molecule has 2 aromatic carbocycles. The Balaban J connectivity index is 1.70. The zero-order valence-electron chi connectivity index (χ0n) is 19.6. The maximum absolute atomic E-state index is 13.9. The summed E-state index contributed by atoms with van der Waals surface area (Å²) in [5, 5.41) is 17.7. The number of anilines is 2. The van der Waals surface area contributed by atoms with Gasteiger partial charge in [-0.2, -0.15) is 0 Å². The summed E-state index contributed by atoms with van der Waals surface area (Å²) in [7, 11) is 1.25. The molecule has 196 valence electrons. The van der Waals surface area contributed by atoms with Gasteiger partial charge in [0.15, 0.2) is 0 Å². The van der Waals surface area contributed by atoms with Gasteiger partial charge in [-0.05, 0) is 43.7 Å². The van der Waals surface area contributed by atoms with Gasteiger partial charge >= 0.3 is 0 Å². The lowest BCUT2D eigenvalue weighted by Gasteiger charge is -2.37. The van der Waals surface area contributed by atoms with Crippen molar-refractivity contribution in [2.45, 2.75) is 30.5 Å². The molecule has 5 atom stereocenters. The molecule has 0 aromatic heterocycles. The van der Waals surface area contributed by atoms with E-state index in [1.54, 1.807) is 17.9 Å². The lowest BCUT2D eigenvalue weighted by Crippen LogP contribution is -2.56. The lowest BCUT2D eigenvalue weighted by atomic mass is 9.72. The van der Waals surface area contributed by atoms with Crippen molar-refractivity contribution in [2.75, 3.05) is 24.3 Å². The highest BCUT2D eigenvalue weighted by Gasteiger charge is 2.73. The third kappa shape index (κ3) is 4.17. The minimum Gasteiger partial charge on any atom is -0.389 e. The molecule has 2 fully saturated rings. The number of benzene rings is 2. The number of carbonyl (C=O) groups is 3. The summed E-state index contributed by atoms with van der Waals surface area (Å²) in [6, 6.07) is 6.87. The first-order valence-electron chi connectivity index (χ1n) is 11.3. The highest BCUT2D eigenvalue weighted by atomic mass is 35.5. The molecule has 37 heavy (non-hydrogen) atoms. The highest BCUT2D eigenvalue weighted by molar-refractivity contribution is 6.38. The summed E-state index contributed by atoms with van der Waals surface area (Å²) in [5.74, 6) is -4.20. The Kier molecular flexibility index (Phi) is 6.64. The van der Waals surface area contributed by atoms with Gasteiger partial charge in [0.1, 0.15) is 5.54 Å². The summed E-state index contributed by atoms with van der Waals surface area (Å²) < 4.78 is 0. The number of carbonyl (C=O) groups excluding carboxylic acids is 3. The van der Waals surface area contributed by atoms with Crippen molar-refractivity contribution in [2.24, 2.45) is 11.8 Å². The monoisotopic (exact) mass is 586 g/mol. The number of rotatable bonds is 4. The lowest BCUT2D eigenvalue weighted by molar-refractivity contribution is -0.147. The molecule has 2 aromatic rings. The second-order valence-corrected chi connectivity index (χ2v) is 11.5. The second kappa shape index (κ2) is 9.27. The standard InChI is InChI=1S/C24H22Cl4N4O5/c1-23(36)8-16-17(20(33)29-13-4-10(25)3-11(26)5-13)18(21(34)31-37-2)24(32(16)9-23)14-6-12(27)7-15(28)19(14)30-22(24)35/h3-7,16-18,36H,8-9H2,1-2H3,(H,29,33)(H,30,35)(H,31,34)/t16-,17+,18-,23+,24?/m1/s1. The van der Waals surface area contributed by atoms with Gasteiger partial charge in [-0.3, -0.25) is 24.1 Å². The SMILES string of the molecule is CONC(=O)[C@H]1[C@@H](C(=O)Nc2cc(Cl)cc(Cl)c2)[C@H]2C[C@](C)(O)CN2C12C(=O)Nc1c(Cl)cc(Cl)cc12. The Morgan fingerprint density at radius 2 is 1.73 bits per heavy atom. The molecule has 3 aliphatic heterocycles. The first-order chi connectivity index (χ1) is 17.4. The second-order valence-electron chi connectivity index (χ2n) is 9.75. The van der Waals surface area contributed by atoms with Crippen molar-refractivity contribution >= 4 is 75.5 Å². The van der Waals surface area contributed by atoms with E-state index in [9.17, 15) is 19.5 Å². The van der Waals surface area contributed by atoms with Crippen LogP contribution >= 0.6 is 46.4 Å². The van der Waals surface area contributed by atoms with Gasteiger partial charge in [0.2, 0.25) is 11.8 Å². The molecule has 13 heteroatoms. The number of amides is 3. The molecule has 3 amide bonds. The fourth-order valence-corrected chi connectivity index (χ4v) is 7.16. The fraction of sp³-hybridized carbons (Fsp3) is 0.375. The third-order valence-corrected chi connectivity index (χ3v) is 8.16. The van der Waals surface area contributed by atoms with Crippen molar-refractivity contribution in [1.82, 2.24) is 10.4 Å². The van der Waals surface area contributed by atoms with E-state index in [1.165, 1.54) is 31.4 Å². The van der Waals surface area contributed by atoms with E-state index in [1.807, 2.05) is 0 Å². The summed E-state index contributed by atoms with van der Waals surface area (Å²) >= 11 is 25.0. The van der Waals surface area contributed by atoms with Crippen LogP contribution in [0.25, 0.3) is 0 Å². The van der Waals surface area contributed by atoms with Gasteiger partial charge in [-0.15, -0.1) is 0 Å². The third-order valence-electron chi connectivity index (χ3n) is 7.21. The van der Waals surface area contributed by atoms with E-state index in [-0.39, 0.29) is 23.0 Å². The largest absolute Gasteiger partial charge is 0.389 e. The number of hydrogen-bond acceptors (Lipinski definition) is 6. The number of nitrogens with zero attached hydrogens (tertiary/aromatic N) is 1. The fourth-order valence-electron chi connectivity index (χ4n) is 6.10. The summed E-state index contributed by atoms with van der Waals surface area (Å²) in [4.78, 5) is 48.0. The van der Waals surface area contributed by atoms with Crippen molar-refractivity contribution < 1.29 is 24.3 Å². The van der Waals surface area contributed by atoms with Crippen molar-refractivity contribution in [3.05, 3.63) is 56.0 Å². The Morgan fingerprint density at radius 1 is 1.08 bits per heavy atom. The first kappa shape index (κ1) is 26.5. The van der Waals surface area contributed by atoms with E-state index in [0.717, 1.165) is 0 Å². The molecule has 0 radical (unpaired) electrons. The molecule has 4 N–H and O–H groups in total. The molecular formula is C24H22Cl4N4O5. The van der Waals surface area contributed by atoms with Crippen LogP contribution < -0.4 is 16.1 Å². The topological polar surface area (TPSA) is 120 Å². The van der Waals surface area contributed by atoms with Gasteiger partial charge in [0.25, 0.3) is 5.91 Å². The minimum absolute atomic E-state index is 0.0121. The Morgan fingerprint density at radius 3 is 2.38 bits per heavy atom. The van der Waals surface area contributed by atoms with Crippen molar-refractivity contribution in [3.8, 4) is 0 Å². The van der Waals surface area contributed by atoms with E-state index in [4.69, 9.17) is 51.2 Å². The number of hydrogen-bond donors (Lipinski definition) is 4. The van der Waals surface area contributed by atoms with E-state index in [0.29, 0.717) is 27.0 Å². The number of halogens is 4. The number of fused-ring (bicyclic) bond motifs is 4. The van der Waals surface area contributed by atoms with Crippen molar-refractivity contribution in [1.29, 1.82) is 0 Å². The molecular weight excluding hydrogens is 566 g/mol. The van der Waals surface area contributed by atoms with Crippen LogP contribution in [0.4, 0.5) is 11.4 Å². The van der Waals surface area contributed by atoms with E-state index >= 15 is 0 Å². The summed E-state index contributed by atoms with van der Waals surface area (Å²) in [6.07, 6.45) is 0.122. The van der Waals surface area contributed by atoms with Crippen LogP contribution in [0.2, 0.25) is 20.1 Å². The highest BCUT2D eigenvalue weighted by Crippen LogP contribution is 2.60. The molecule has 1 unspecified atom stereocenters. The average molecular weight is 588 g/mol. The molecule has 9 nitrogen and oxygen atoms in total. The van der Waals surface area contributed by atoms with Gasteiger partial charge in [0, 0.05) is 38.9 Å².